The molecule has 0 aromatic carbocycles. The molecule has 0 bridgehead atoms. The topological polar surface area (TPSA) is 68.2 Å². The molecule has 0 amide bonds. The Morgan fingerprint density at radius 3 is 2.40 bits per heavy atom. The highest BCUT2D eigenvalue weighted by molar-refractivity contribution is 5.23. The minimum Gasteiger partial charge on any atom is -0.344 e. The lowest BCUT2D eigenvalue weighted by atomic mass is 9.85. The molecule has 0 aliphatic heterocycles. The lowest BCUT2D eigenvalue weighted by Crippen LogP contribution is -2.37. The molecule has 0 aliphatic rings. The molecule has 1 unspecified atom stereocenters. The van der Waals surface area contributed by atoms with E-state index in [0.717, 1.165) is 0 Å². The summed E-state index contributed by atoms with van der Waals surface area (Å²) in [5.41, 5.74) is 6.08. The van der Waals surface area contributed by atoms with Crippen molar-refractivity contribution in [2.24, 2.45) is 11.1 Å². The molecule has 1 heterocycles. The van der Waals surface area contributed by atoms with Gasteiger partial charge in [0.25, 0.3) is 5.95 Å². The molecule has 2 N–H and O–H groups in total. The predicted molar refractivity (Wildman–Crippen MR) is 59.8 cm³/mol. The quantitative estimate of drug-likeness (QED) is 0.811. The molecule has 0 fully saturated rings. The van der Waals surface area contributed by atoms with E-state index < -0.39 is 0 Å². The molecule has 5 nitrogen and oxygen atoms in total. The molecule has 0 saturated carbocycles. The van der Waals surface area contributed by atoms with Crippen LogP contribution in [0.25, 0.3) is 0 Å². The summed E-state index contributed by atoms with van der Waals surface area (Å²) < 4.78 is 5.11. The third-order valence-electron chi connectivity index (χ3n) is 2.36. The fraction of sp³-hybridized carbons (Fsp3) is 0.800. The monoisotopic (exact) mass is 212 g/mol. The van der Waals surface area contributed by atoms with E-state index >= 15 is 0 Å². The van der Waals surface area contributed by atoms with E-state index in [4.69, 9.17) is 10.3 Å². The summed E-state index contributed by atoms with van der Waals surface area (Å²) >= 11 is 0. The van der Waals surface area contributed by atoms with Crippen molar-refractivity contribution in [2.75, 3.05) is 19.0 Å². The lowest BCUT2D eigenvalue weighted by Gasteiger charge is -2.25. The largest absolute Gasteiger partial charge is 0.344 e. The van der Waals surface area contributed by atoms with Crippen LogP contribution < -0.4 is 10.6 Å². The predicted octanol–water partition coefficient (Wildman–Crippen LogP) is 1.05. The van der Waals surface area contributed by atoms with Gasteiger partial charge in [-0.3, -0.25) is 0 Å². The molecule has 0 saturated heterocycles. The van der Waals surface area contributed by atoms with Gasteiger partial charge in [0.05, 0.1) is 0 Å². The van der Waals surface area contributed by atoms with Crippen molar-refractivity contribution in [1.82, 2.24) is 10.1 Å². The van der Waals surface area contributed by atoms with Gasteiger partial charge in [0.1, 0.15) is 0 Å². The molecular weight excluding hydrogens is 192 g/mol. The minimum atomic E-state index is 0.0213. The number of anilines is 1. The van der Waals surface area contributed by atoms with E-state index in [0.29, 0.717) is 18.3 Å². The number of nitrogens with zero attached hydrogens (tertiary/aromatic N) is 3. The van der Waals surface area contributed by atoms with Gasteiger partial charge in [-0.25, -0.2) is 0 Å². The van der Waals surface area contributed by atoms with Crippen molar-refractivity contribution in [3.63, 3.8) is 0 Å². The first kappa shape index (κ1) is 12.0. The van der Waals surface area contributed by atoms with E-state index in [9.17, 15) is 0 Å². The molecule has 0 spiro atoms. The Bertz CT molecular complexity index is 313. The zero-order valence-corrected chi connectivity index (χ0v) is 10.1. The van der Waals surface area contributed by atoms with Crippen LogP contribution in [0, 0.1) is 5.41 Å². The maximum absolute atomic E-state index is 6.03. The van der Waals surface area contributed by atoms with E-state index in [1.807, 2.05) is 14.1 Å². The van der Waals surface area contributed by atoms with Crippen LogP contribution in [0.4, 0.5) is 5.95 Å². The Labute approximate surface area is 90.6 Å². The van der Waals surface area contributed by atoms with Crippen LogP contribution in [-0.2, 0) is 6.42 Å². The van der Waals surface area contributed by atoms with Crippen LogP contribution in [0.1, 0.15) is 26.7 Å². The van der Waals surface area contributed by atoms with Crippen molar-refractivity contribution < 1.29 is 4.52 Å². The van der Waals surface area contributed by atoms with Crippen LogP contribution in [0.15, 0.2) is 4.52 Å². The van der Waals surface area contributed by atoms with E-state index in [1.54, 1.807) is 4.90 Å². The number of aromatic nitrogens is 2. The van der Waals surface area contributed by atoms with Gasteiger partial charge in [0, 0.05) is 26.6 Å². The summed E-state index contributed by atoms with van der Waals surface area (Å²) in [7, 11) is 3.75. The van der Waals surface area contributed by atoms with Crippen LogP contribution in [0.3, 0.4) is 0 Å². The van der Waals surface area contributed by atoms with Gasteiger partial charge in [-0.1, -0.05) is 20.8 Å². The molecular formula is C10H20N4O. The lowest BCUT2D eigenvalue weighted by molar-refractivity contribution is 0.286. The highest BCUT2D eigenvalue weighted by Gasteiger charge is 2.23. The van der Waals surface area contributed by atoms with Crippen molar-refractivity contribution in [3.8, 4) is 0 Å². The minimum absolute atomic E-state index is 0.0213. The first-order valence-corrected chi connectivity index (χ1v) is 5.06. The number of rotatable bonds is 3. The molecule has 0 radical (unpaired) electrons. The van der Waals surface area contributed by atoms with Crippen molar-refractivity contribution in [1.29, 1.82) is 0 Å². The Kier molecular flexibility index (Phi) is 3.34. The zero-order valence-electron chi connectivity index (χ0n) is 10.1. The Balaban J connectivity index is 2.65. The van der Waals surface area contributed by atoms with Gasteiger partial charge in [-0.2, -0.15) is 4.98 Å². The smallest absolute Gasteiger partial charge is 0.265 e. The number of nitrogens with two attached hydrogens (primary N) is 1. The van der Waals surface area contributed by atoms with E-state index in [1.165, 1.54) is 0 Å². The Hall–Kier alpha value is -1.10. The normalized spacial score (nSPS) is 14.0. The Morgan fingerprint density at radius 1 is 1.40 bits per heavy atom. The second-order valence-electron chi connectivity index (χ2n) is 5.06. The maximum atomic E-state index is 6.03. The summed E-state index contributed by atoms with van der Waals surface area (Å²) in [4.78, 5) is 6.03. The standard InChI is InChI=1S/C10H20N4O/c1-10(2,3)7(11)6-8-12-9(13-15-8)14(4)5/h7H,6,11H2,1-5H3. The van der Waals surface area contributed by atoms with Crippen molar-refractivity contribution in [3.05, 3.63) is 5.89 Å². The molecule has 1 rings (SSSR count). The van der Waals surface area contributed by atoms with Gasteiger partial charge < -0.3 is 15.2 Å². The summed E-state index contributed by atoms with van der Waals surface area (Å²) in [5, 5.41) is 3.84. The van der Waals surface area contributed by atoms with Gasteiger partial charge >= 0.3 is 0 Å². The molecule has 1 aromatic rings. The van der Waals surface area contributed by atoms with Gasteiger partial charge in [0.15, 0.2) is 0 Å². The summed E-state index contributed by atoms with van der Waals surface area (Å²) in [6.07, 6.45) is 0.615. The highest BCUT2D eigenvalue weighted by Crippen LogP contribution is 2.20. The average Bonchev–Trinajstić information content (AvgIpc) is 2.50. The third-order valence-corrected chi connectivity index (χ3v) is 2.36. The maximum Gasteiger partial charge on any atom is 0.265 e. The molecule has 1 aromatic heterocycles. The first-order valence-electron chi connectivity index (χ1n) is 5.06. The second-order valence-corrected chi connectivity index (χ2v) is 5.06. The number of hydrogen-bond donors (Lipinski definition) is 1. The van der Waals surface area contributed by atoms with Gasteiger partial charge in [0.2, 0.25) is 5.89 Å². The molecule has 0 aliphatic carbocycles. The molecule has 15 heavy (non-hydrogen) atoms. The van der Waals surface area contributed by atoms with E-state index in [2.05, 4.69) is 30.9 Å². The molecule has 1 atom stereocenters. The molecule has 86 valence electrons. The first-order chi connectivity index (χ1) is 6.80. The third kappa shape index (κ3) is 3.20. The van der Waals surface area contributed by atoms with E-state index in [-0.39, 0.29) is 11.5 Å². The summed E-state index contributed by atoms with van der Waals surface area (Å²) in [6, 6.07) is 0.0213. The van der Waals surface area contributed by atoms with Crippen LogP contribution in [0.2, 0.25) is 0 Å². The number of hydrogen-bond acceptors (Lipinski definition) is 5. The zero-order chi connectivity index (χ0) is 11.6. The SMILES string of the molecule is CN(C)c1noc(CC(N)C(C)(C)C)n1. The Morgan fingerprint density at radius 2 is 2.00 bits per heavy atom. The van der Waals surface area contributed by atoms with Crippen molar-refractivity contribution >= 4 is 5.95 Å². The summed E-state index contributed by atoms with van der Waals surface area (Å²) in [5.74, 6) is 1.19. The fourth-order valence-corrected chi connectivity index (χ4v) is 1.00. The van der Waals surface area contributed by atoms with Crippen molar-refractivity contribution in [2.45, 2.75) is 33.2 Å². The second kappa shape index (κ2) is 4.18. The van der Waals surface area contributed by atoms with Crippen LogP contribution in [0.5, 0.6) is 0 Å². The van der Waals surface area contributed by atoms with Gasteiger partial charge in [-0.05, 0) is 10.6 Å². The summed E-state index contributed by atoms with van der Waals surface area (Å²) in [6.45, 7) is 6.29. The fourth-order valence-electron chi connectivity index (χ4n) is 1.00. The van der Waals surface area contributed by atoms with Gasteiger partial charge in [-0.15, -0.1) is 0 Å². The van der Waals surface area contributed by atoms with Crippen LogP contribution >= 0.6 is 0 Å². The molecule has 5 heteroatoms. The average molecular weight is 212 g/mol. The highest BCUT2D eigenvalue weighted by atomic mass is 16.5. The van der Waals surface area contributed by atoms with Crippen LogP contribution in [-0.4, -0.2) is 30.3 Å².